The van der Waals surface area contributed by atoms with E-state index in [-0.39, 0.29) is 23.8 Å². The van der Waals surface area contributed by atoms with Gasteiger partial charge in [0.1, 0.15) is 24.8 Å². The van der Waals surface area contributed by atoms with Gasteiger partial charge >= 0.3 is 0 Å². The van der Waals surface area contributed by atoms with Gasteiger partial charge < -0.3 is 29.7 Å². The van der Waals surface area contributed by atoms with Crippen molar-refractivity contribution in [2.24, 2.45) is 12.5 Å². The first kappa shape index (κ1) is 45.9. The third-order valence-electron chi connectivity index (χ3n) is 13.9. The van der Waals surface area contributed by atoms with Gasteiger partial charge in [-0.2, -0.15) is 10.1 Å². The zero-order valence-corrected chi connectivity index (χ0v) is 41.3. The normalized spacial score (nSPS) is 18.1. The molecule has 69 heavy (non-hydrogen) atoms. The lowest BCUT2D eigenvalue weighted by Gasteiger charge is -2.49. The molecule has 10 rings (SSSR count). The Labute approximate surface area is 408 Å². The van der Waals surface area contributed by atoms with Crippen molar-refractivity contribution in [3.05, 3.63) is 113 Å². The number of methoxy groups -OCH3 is 1. The summed E-state index contributed by atoms with van der Waals surface area (Å²) < 4.78 is 22.1. The standard InChI is InChI=1S/C51H52BrN10O6P/c1-59-29-33(27-54-59)36-25-40(56-50-53-28-38(52)46(58-50)55-39-14-11-32(23-44(39)69(3,4)67)31-9-6-5-7-10-31)43(68-2)26-42(36)60-21-18-51(19-22-60)17-8-20-61(30-51)34-12-13-35-37(24-34)49(66)62(48(35)65)41-15-16-45(63)57-47(41)64/h5-7,9-14,23-29,41H,8,15-22,30H2,1-4H3,(H,57,63,64)(H2,53,55,56,58). The second-order valence-electron chi connectivity index (χ2n) is 18.8. The summed E-state index contributed by atoms with van der Waals surface area (Å²) in [4.78, 5) is 66.8. The molecule has 2 aromatic heterocycles. The Morgan fingerprint density at radius 1 is 0.812 bits per heavy atom. The highest BCUT2D eigenvalue weighted by molar-refractivity contribution is 9.10. The Bertz CT molecular complexity index is 3090. The maximum Gasteiger partial charge on any atom is 0.262 e. The maximum atomic E-state index is 13.7. The molecular weight excluding hydrogens is 960 g/mol. The summed E-state index contributed by atoms with van der Waals surface area (Å²) in [7, 11) is 0.819. The van der Waals surface area contributed by atoms with Gasteiger partial charge in [-0.05, 0) is 114 Å². The van der Waals surface area contributed by atoms with Crippen molar-refractivity contribution < 1.29 is 28.5 Å². The molecule has 4 aliphatic rings. The first-order valence-electron chi connectivity index (χ1n) is 23.1. The summed E-state index contributed by atoms with van der Waals surface area (Å²) in [6, 6.07) is 24.5. The van der Waals surface area contributed by atoms with Gasteiger partial charge in [-0.1, -0.05) is 36.4 Å². The molecule has 0 bridgehead atoms. The van der Waals surface area contributed by atoms with E-state index in [0.29, 0.717) is 44.2 Å². The fourth-order valence-electron chi connectivity index (χ4n) is 10.3. The molecule has 0 aliphatic carbocycles. The number of carbonyl (C=O) groups is 4. The second kappa shape index (κ2) is 18.2. The predicted molar refractivity (Wildman–Crippen MR) is 271 cm³/mol. The molecule has 3 saturated heterocycles. The molecule has 4 aliphatic heterocycles. The van der Waals surface area contributed by atoms with Crippen LogP contribution in [0, 0.1) is 5.41 Å². The van der Waals surface area contributed by atoms with E-state index in [0.717, 1.165) is 90.4 Å². The molecule has 0 saturated carbocycles. The van der Waals surface area contributed by atoms with E-state index in [2.05, 4.69) is 63.9 Å². The lowest BCUT2D eigenvalue weighted by molar-refractivity contribution is -0.136. The van der Waals surface area contributed by atoms with Gasteiger partial charge in [0, 0.05) is 85.9 Å². The number of fused-ring (bicyclic) bond motifs is 1. The second-order valence-corrected chi connectivity index (χ2v) is 22.8. The van der Waals surface area contributed by atoms with E-state index in [1.54, 1.807) is 43.5 Å². The summed E-state index contributed by atoms with van der Waals surface area (Å²) in [6.45, 7) is 6.76. The van der Waals surface area contributed by atoms with E-state index in [1.165, 1.54) is 0 Å². The van der Waals surface area contributed by atoms with E-state index in [4.69, 9.17) is 9.72 Å². The summed E-state index contributed by atoms with van der Waals surface area (Å²) in [5.41, 5.74) is 7.78. The van der Waals surface area contributed by atoms with Crippen LogP contribution in [0.25, 0.3) is 22.3 Å². The van der Waals surface area contributed by atoms with Crippen LogP contribution in [0.4, 0.5) is 34.5 Å². The first-order chi connectivity index (χ1) is 33.2. The number of hydrogen-bond donors (Lipinski definition) is 3. The Kier molecular flexibility index (Phi) is 12.1. The lowest BCUT2D eigenvalue weighted by Crippen LogP contribution is -2.54. The van der Waals surface area contributed by atoms with Crippen molar-refractivity contribution in [1.29, 1.82) is 0 Å². The molecule has 1 spiro atoms. The van der Waals surface area contributed by atoms with E-state index in [9.17, 15) is 23.7 Å². The maximum absolute atomic E-state index is 13.7. The molecule has 354 valence electrons. The van der Waals surface area contributed by atoms with Gasteiger partial charge in [0.05, 0.1) is 40.3 Å². The van der Waals surface area contributed by atoms with Crippen LogP contribution in [0.1, 0.15) is 59.2 Å². The zero-order valence-electron chi connectivity index (χ0n) is 38.8. The summed E-state index contributed by atoms with van der Waals surface area (Å²) >= 11 is 3.63. The van der Waals surface area contributed by atoms with Gasteiger partial charge in [0.15, 0.2) is 0 Å². The number of rotatable bonds is 11. The van der Waals surface area contributed by atoms with Crippen molar-refractivity contribution in [1.82, 2.24) is 30.0 Å². The summed E-state index contributed by atoms with van der Waals surface area (Å²) in [5.74, 6) is -0.587. The van der Waals surface area contributed by atoms with Crippen LogP contribution >= 0.6 is 23.1 Å². The topological polar surface area (TPSA) is 184 Å². The number of imide groups is 2. The van der Waals surface area contributed by atoms with E-state index in [1.807, 2.05) is 74.0 Å². The smallest absolute Gasteiger partial charge is 0.262 e. The molecule has 3 N–H and O–H groups in total. The molecule has 0 radical (unpaired) electrons. The van der Waals surface area contributed by atoms with E-state index >= 15 is 0 Å². The Hall–Kier alpha value is -6.84. The highest BCUT2D eigenvalue weighted by atomic mass is 79.9. The highest BCUT2D eigenvalue weighted by Gasteiger charge is 2.45. The monoisotopic (exact) mass is 1010 g/mol. The summed E-state index contributed by atoms with van der Waals surface area (Å²) in [5, 5.41) is 14.4. The fraction of sp³-hybridized carbons (Fsp3) is 0.314. The van der Waals surface area contributed by atoms with Crippen molar-refractivity contribution >= 4 is 86.5 Å². The molecule has 1 unspecified atom stereocenters. The third kappa shape index (κ3) is 9.01. The number of piperidine rings is 3. The number of hydrogen-bond acceptors (Lipinski definition) is 13. The summed E-state index contributed by atoms with van der Waals surface area (Å²) in [6.07, 6.45) is 9.66. The minimum atomic E-state index is -2.73. The number of benzene rings is 4. The van der Waals surface area contributed by atoms with Gasteiger partial charge in [-0.25, -0.2) is 4.98 Å². The van der Waals surface area contributed by atoms with Crippen molar-refractivity contribution in [2.45, 2.75) is 44.6 Å². The molecule has 6 aromatic rings. The fourth-order valence-corrected chi connectivity index (χ4v) is 11.7. The molecular formula is C51H52BrN10O6P. The SMILES string of the molecule is COc1cc(N2CCC3(CCCN(c4ccc5c(c4)C(=O)N(C4CCC(=O)NC4=O)C5=O)C3)CC2)c(-c2cnn(C)c2)cc1Nc1ncc(Br)c(Nc2ccc(-c3ccccc3)cc2P(C)(C)=O)n1. The van der Waals surface area contributed by atoms with Gasteiger partial charge in [0.2, 0.25) is 17.8 Å². The first-order valence-corrected chi connectivity index (χ1v) is 26.4. The molecule has 4 amide bonds. The molecule has 18 heteroatoms. The largest absolute Gasteiger partial charge is 0.494 e. The predicted octanol–water partition coefficient (Wildman–Crippen LogP) is 8.34. The number of nitrogens with one attached hydrogen (secondary N) is 3. The van der Waals surface area contributed by atoms with Crippen LogP contribution in [0.15, 0.2) is 102 Å². The van der Waals surface area contributed by atoms with Crippen LogP contribution < -0.4 is 35.8 Å². The van der Waals surface area contributed by atoms with Crippen LogP contribution in [-0.2, 0) is 21.2 Å². The Morgan fingerprint density at radius 3 is 2.32 bits per heavy atom. The molecule has 6 heterocycles. The minimum absolute atomic E-state index is 0.0347. The molecule has 1 atom stereocenters. The third-order valence-corrected chi connectivity index (χ3v) is 16.0. The number of nitrogens with zero attached hydrogens (tertiary/aromatic N) is 7. The number of halogens is 1. The molecule has 4 aromatic carbocycles. The van der Waals surface area contributed by atoms with Crippen molar-refractivity contribution in [3.8, 4) is 28.0 Å². The quantitative estimate of drug-likeness (QED) is 0.0833. The van der Waals surface area contributed by atoms with Crippen molar-refractivity contribution in [3.63, 3.8) is 0 Å². The highest BCUT2D eigenvalue weighted by Crippen LogP contribution is 2.47. The van der Waals surface area contributed by atoms with Crippen LogP contribution in [0.3, 0.4) is 0 Å². The number of aryl methyl sites for hydroxylation is 1. The number of carbonyl (C=O) groups excluding carboxylic acids is 4. The van der Waals surface area contributed by atoms with Crippen LogP contribution in [-0.4, -0.2) is 101 Å². The minimum Gasteiger partial charge on any atom is -0.494 e. The average Bonchev–Trinajstić information content (AvgIpc) is 3.89. The number of anilines is 6. The molecule has 3 fully saturated rings. The Morgan fingerprint density at radius 2 is 1.59 bits per heavy atom. The number of ether oxygens (including phenoxy) is 1. The zero-order chi connectivity index (χ0) is 48.2. The number of aromatic nitrogens is 4. The number of amides is 4. The molecule has 16 nitrogen and oxygen atoms in total. The van der Waals surface area contributed by atoms with E-state index < -0.39 is 36.8 Å². The average molecular weight is 1010 g/mol. The van der Waals surface area contributed by atoms with Gasteiger partial charge in [0.25, 0.3) is 11.8 Å². The van der Waals surface area contributed by atoms with Gasteiger partial charge in [-0.3, -0.25) is 34.1 Å². The van der Waals surface area contributed by atoms with Crippen molar-refractivity contribution in [2.75, 3.05) is 67.1 Å². The Balaban J connectivity index is 0.875. The van der Waals surface area contributed by atoms with Crippen LogP contribution in [0.5, 0.6) is 5.75 Å². The lowest BCUT2D eigenvalue weighted by atomic mass is 9.72. The van der Waals surface area contributed by atoms with Gasteiger partial charge in [-0.15, -0.1) is 0 Å². The van der Waals surface area contributed by atoms with Crippen LogP contribution in [0.2, 0.25) is 0 Å².